The molecule has 0 aromatic carbocycles. The van der Waals surface area contributed by atoms with Crippen LogP contribution in [0.15, 0.2) is 0 Å². The molecule has 0 aromatic rings. The third kappa shape index (κ3) is 3.65. The van der Waals surface area contributed by atoms with Crippen molar-refractivity contribution in [1.82, 2.24) is 9.80 Å². The third-order valence-electron chi connectivity index (χ3n) is 2.65. The lowest BCUT2D eigenvalue weighted by molar-refractivity contribution is 0.0703. The largest absolute Gasteiger partial charge is 0.304 e. The first kappa shape index (κ1) is 11.0. The molecule has 1 atom stereocenters. The normalized spacial score (nSPS) is 27.9. The van der Waals surface area contributed by atoms with Gasteiger partial charge in [0.05, 0.1) is 0 Å². The molecule has 0 amide bonds. The van der Waals surface area contributed by atoms with E-state index in [0.29, 0.717) is 5.41 Å². The van der Waals surface area contributed by atoms with Crippen molar-refractivity contribution in [3.63, 3.8) is 0 Å². The maximum absolute atomic E-state index is 2.61. The Morgan fingerprint density at radius 3 is 2.31 bits per heavy atom. The third-order valence-corrected chi connectivity index (χ3v) is 2.65. The SMILES string of the molecule is CC1CN(C)CCN1CC(C)(C)C. The maximum Gasteiger partial charge on any atom is 0.0195 e. The highest BCUT2D eigenvalue weighted by Gasteiger charge is 2.24. The molecule has 0 radical (unpaired) electrons. The minimum Gasteiger partial charge on any atom is -0.304 e. The molecule has 0 aliphatic carbocycles. The molecule has 1 aliphatic rings. The molecule has 1 heterocycles. The molecule has 13 heavy (non-hydrogen) atoms. The van der Waals surface area contributed by atoms with Gasteiger partial charge in [0.25, 0.3) is 0 Å². The molecule has 78 valence electrons. The molecule has 0 N–H and O–H groups in total. The smallest absolute Gasteiger partial charge is 0.0195 e. The zero-order valence-corrected chi connectivity index (χ0v) is 9.80. The van der Waals surface area contributed by atoms with E-state index in [1.165, 1.54) is 26.2 Å². The first-order valence-electron chi connectivity index (χ1n) is 5.31. The van der Waals surface area contributed by atoms with Crippen molar-refractivity contribution in [2.45, 2.75) is 33.7 Å². The Labute approximate surface area is 82.9 Å². The Bertz CT molecular complexity index is 160. The summed E-state index contributed by atoms with van der Waals surface area (Å²) in [4.78, 5) is 5.03. The van der Waals surface area contributed by atoms with E-state index >= 15 is 0 Å². The summed E-state index contributed by atoms with van der Waals surface area (Å²) in [5.74, 6) is 0. The van der Waals surface area contributed by atoms with Crippen molar-refractivity contribution < 1.29 is 0 Å². The maximum atomic E-state index is 2.61. The molecule has 0 bridgehead atoms. The van der Waals surface area contributed by atoms with E-state index in [9.17, 15) is 0 Å². The van der Waals surface area contributed by atoms with Crippen LogP contribution in [0.4, 0.5) is 0 Å². The quantitative estimate of drug-likeness (QED) is 0.611. The first-order valence-corrected chi connectivity index (χ1v) is 5.31. The van der Waals surface area contributed by atoms with Crippen LogP contribution in [0.3, 0.4) is 0 Å². The molecular formula is C11H24N2. The van der Waals surface area contributed by atoms with Gasteiger partial charge in [0.2, 0.25) is 0 Å². The molecule has 1 saturated heterocycles. The summed E-state index contributed by atoms with van der Waals surface area (Å²) in [5, 5.41) is 0. The van der Waals surface area contributed by atoms with Crippen molar-refractivity contribution in [3.8, 4) is 0 Å². The zero-order valence-electron chi connectivity index (χ0n) is 9.80. The predicted molar refractivity (Wildman–Crippen MR) is 58.0 cm³/mol. The summed E-state index contributed by atoms with van der Waals surface area (Å²) in [7, 11) is 2.21. The van der Waals surface area contributed by atoms with Crippen LogP contribution in [0.5, 0.6) is 0 Å². The molecule has 1 aliphatic heterocycles. The lowest BCUT2D eigenvalue weighted by atomic mass is 9.95. The van der Waals surface area contributed by atoms with Crippen LogP contribution < -0.4 is 0 Å². The Morgan fingerprint density at radius 2 is 1.85 bits per heavy atom. The molecule has 0 spiro atoms. The fourth-order valence-corrected chi connectivity index (χ4v) is 2.02. The van der Waals surface area contributed by atoms with Crippen LogP contribution in [-0.2, 0) is 0 Å². The molecule has 0 saturated carbocycles. The minimum absolute atomic E-state index is 0.435. The van der Waals surface area contributed by atoms with Crippen LogP contribution in [0.1, 0.15) is 27.7 Å². The van der Waals surface area contributed by atoms with Crippen LogP contribution >= 0.6 is 0 Å². The summed E-state index contributed by atoms with van der Waals surface area (Å²) in [6.07, 6.45) is 0. The van der Waals surface area contributed by atoms with E-state index in [-0.39, 0.29) is 0 Å². The molecule has 2 heteroatoms. The summed E-state index contributed by atoms with van der Waals surface area (Å²) in [5.41, 5.74) is 0.435. The van der Waals surface area contributed by atoms with Gasteiger partial charge in [-0.1, -0.05) is 20.8 Å². The number of hydrogen-bond donors (Lipinski definition) is 0. The summed E-state index contributed by atoms with van der Waals surface area (Å²) in [6.45, 7) is 14.2. The highest BCUT2D eigenvalue weighted by molar-refractivity contribution is 4.80. The fraction of sp³-hybridized carbons (Fsp3) is 1.00. The summed E-state index contributed by atoms with van der Waals surface area (Å²) >= 11 is 0. The number of likely N-dealkylation sites (N-methyl/N-ethyl adjacent to an activating group) is 1. The Kier molecular flexibility index (Phi) is 3.36. The van der Waals surface area contributed by atoms with Gasteiger partial charge in [0, 0.05) is 32.2 Å². The van der Waals surface area contributed by atoms with E-state index < -0.39 is 0 Å². The van der Waals surface area contributed by atoms with Crippen molar-refractivity contribution in [2.24, 2.45) is 5.41 Å². The van der Waals surface area contributed by atoms with Gasteiger partial charge in [-0.3, -0.25) is 4.90 Å². The van der Waals surface area contributed by atoms with Crippen LogP contribution in [0.2, 0.25) is 0 Å². The van der Waals surface area contributed by atoms with Gasteiger partial charge in [-0.15, -0.1) is 0 Å². The zero-order chi connectivity index (χ0) is 10.1. The van der Waals surface area contributed by atoms with Crippen LogP contribution in [0.25, 0.3) is 0 Å². The van der Waals surface area contributed by atoms with Gasteiger partial charge in [-0.2, -0.15) is 0 Å². The van der Waals surface area contributed by atoms with E-state index in [1.807, 2.05) is 0 Å². The standard InChI is InChI=1S/C11H24N2/c1-10-8-12(5)6-7-13(10)9-11(2,3)4/h10H,6-9H2,1-5H3. The first-order chi connectivity index (χ1) is 5.88. The molecule has 1 unspecified atom stereocenters. The molecule has 1 rings (SSSR count). The average molecular weight is 184 g/mol. The molecule has 0 aromatic heterocycles. The second-order valence-electron chi connectivity index (χ2n) is 5.64. The number of rotatable bonds is 1. The average Bonchev–Trinajstić information content (AvgIpc) is 1.93. The number of nitrogens with zero attached hydrogens (tertiary/aromatic N) is 2. The molecular weight excluding hydrogens is 160 g/mol. The summed E-state index contributed by atoms with van der Waals surface area (Å²) < 4.78 is 0. The van der Waals surface area contributed by atoms with E-state index in [0.717, 1.165) is 6.04 Å². The number of piperazine rings is 1. The van der Waals surface area contributed by atoms with Gasteiger partial charge in [0.1, 0.15) is 0 Å². The Hall–Kier alpha value is -0.0800. The highest BCUT2D eigenvalue weighted by Crippen LogP contribution is 2.18. The van der Waals surface area contributed by atoms with Crippen molar-refractivity contribution in [2.75, 3.05) is 33.2 Å². The lowest BCUT2D eigenvalue weighted by Gasteiger charge is -2.41. The second kappa shape index (κ2) is 3.97. The molecule has 2 nitrogen and oxygen atoms in total. The Balaban J connectivity index is 2.43. The van der Waals surface area contributed by atoms with Gasteiger partial charge >= 0.3 is 0 Å². The fourth-order valence-electron chi connectivity index (χ4n) is 2.02. The van der Waals surface area contributed by atoms with Gasteiger partial charge < -0.3 is 4.90 Å². The van der Waals surface area contributed by atoms with Crippen molar-refractivity contribution in [3.05, 3.63) is 0 Å². The van der Waals surface area contributed by atoms with Crippen LogP contribution in [-0.4, -0.2) is 49.1 Å². The highest BCUT2D eigenvalue weighted by atomic mass is 15.3. The van der Waals surface area contributed by atoms with E-state index in [2.05, 4.69) is 44.5 Å². The topological polar surface area (TPSA) is 6.48 Å². The minimum atomic E-state index is 0.435. The van der Waals surface area contributed by atoms with Gasteiger partial charge in [-0.05, 0) is 19.4 Å². The Morgan fingerprint density at radius 1 is 1.23 bits per heavy atom. The van der Waals surface area contributed by atoms with Gasteiger partial charge in [0.15, 0.2) is 0 Å². The van der Waals surface area contributed by atoms with Crippen molar-refractivity contribution in [1.29, 1.82) is 0 Å². The monoisotopic (exact) mass is 184 g/mol. The number of hydrogen-bond acceptors (Lipinski definition) is 2. The van der Waals surface area contributed by atoms with E-state index in [4.69, 9.17) is 0 Å². The van der Waals surface area contributed by atoms with Crippen LogP contribution in [0, 0.1) is 5.41 Å². The molecule has 1 fully saturated rings. The van der Waals surface area contributed by atoms with E-state index in [1.54, 1.807) is 0 Å². The predicted octanol–water partition coefficient (Wildman–Crippen LogP) is 1.67. The van der Waals surface area contributed by atoms with Gasteiger partial charge in [-0.25, -0.2) is 0 Å². The lowest BCUT2D eigenvalue weighted by Crippen LogP contribution is -2.52. The summed E-state index contributed by atoms with van der Waals surface area (Å²) in [6, 6.07) is 0.720. The second-order valence-corrected chi connectivity index (χ2v) is 5.64. The van der Waals surface area contributed by atoms with Crippen molar-refractivity contribution >= 4 is 0 Å².